The molecule has 21 heavy (non-hydrogen) atoms. The molecule has 1 aromatic heterocycles. The fraction of sp³-hybridized carbons (Fsp3) is 0.294. The number of nitrogens with one attached hydrogen (secondary N) is 1. The molecule has 1 amide bonds. The summed E-state index contributed by atoms with van der Waals surface area (Å²) in [6.45, 7) is 1.90. The molecule has 0 radical (unpaired) electrons. The van der Waals surface area contributed by atoms with E-state index < -0.39 is 6.10 Å². The predicted octanol–water partition coefficient (Wildman–Crippen LogP) is 2.25. The summed E-state index contributed by atoms with van der Waals surface area (Å²) in [5, 5.41) is 13.0. The smallest absolute Gasteiger partial charge is 0.224 e. The number of nitrogens with zero attached hydrogens (tertiary/aromatic N) is 1. The first kappa shape index (κ1) is 15.2. The molecule has 4 nitrogen and oxygen atoms in total. The van der Waals surface area contributed by atoms with Crippen LogP contribution in [0.15, 0.2) is 54.9 Å². The summed E-state index contributed by atoms with van der Waals surface area (Å²) < 4.78 is 0. The van der Waals surface area contributed by atoms with Crippen LogP contribution in [0.25, 0.3) is 0 Å². The summed E-state index contributed by atoms with van der Waals surface area (Å²) in [5.41, 5.74) is 1.75. The molecule has 0 bridgehead atoms. The first-order valence-corrected chi connectivity index (χ1v) is 7.06. The first-order chi connectivity index (χ1) is 10.1. The number of aromatic nitrogens is 1. The van der Waals surface area contributed by atoms with Gasteiger partial charge in [-0.15, -0.1) is 0 Å². The van der Waals surface area contributed by atoms with Gasteiger partial charge in [0.05, 0.1) is 12.5 Å². The Morgan fingerprint density at radius 1 is 1.24 bits per heavy atom. The SMILES string of the molecule is CC(CC(O)c1ccccc1)NC(=O)Cc1cccnc1. The highest BCUT2D eigenvalue weighted by Gasteiger charge is 2.14. The molecule has 0 aliphatic heterocycles. The van der Waals surface area contributed by atoms with Crippen LogP contribution in [-0.4, -0.2) is 22.0 Å². The normalized spacial score (nSPS) is 13.4. The van der Waals surface area contributed by atoms with Crippen LogP contribution in [0, 0.1) is 0 Å². The number of carbonyl (C=O) groups is 1. The minimum absolute atomic E-state index is 0.0595. The average Bonchev–Trinajstić information content (AvgIpc) is 2.48. The molecule has 0 aliphatic rings. The average molecular weight is 284 g/mol. The molecule has 0 aliphatic carbocycles. The van der Waals surface area contributed by atoms with Crippen molar-refractivity contribution in [2.45, 2.75) is 31.9 Å². The number of amides is 1. The van der Waals surface area contributed by atoms with Crippen molar-refractivity contribution in [3.63, 3.8) is 0 Å². The molecule has 0 spiro atoms. The van der Waals surface area contributed by atoms with Gasteiger partial charge in [-0.25, -0.2) is 0 Å². The summed E-state index contributed by atoms with van der Waals surface area (Å²) in [5.74, 6) is -0.0595. The second-order valence-corrected chi connectivity index (χ2v) is 5.17. The Morgan fingerprint density at radius 3 is 2.67 bits per heavy atom. The zero-order valence-corrected chi connectivity index (χ0v) is 12.1. The molecular formula is C17H20N2O2. The van der Waals surface area contributed by atoms with E-state index in [1.807, 2.05) is 49.4 Å². The van der Waals surface area contributed by atoms with Gasteiger partial charge < -0.3 is 10.4 Å². The second-order valence-electron chi connectivity index (χ2n) is 5.17. The number of benzene rings is 1. The summed E-state index contributed by atoms with van der Waals surface area (Å²) in [6.07, 6.45) is 3.59. The highest BCUT2D eigenvalue weighted by molar-refractivity contribution is 5.78. The van der Waals surface area contributed by atoms with Gasteiger partial charge in [0.2, 0.25) is 5.91 Å². The molecule has 2 unspecified atom stereocenters. The van der Waals surface area contributed by atoms with E-state index in [4.69, 9.17) is 0 Å². The van der Waals surface area contributed by atoms with Crippen LogP contribution in [0.3, 0.4) is 0 Å². The number of aliphatic hydroxyl groups excluding tert-OH is 1. The van der Waals surface area contributed by atoms with E-state index in [2.05, 4.69) is 10.3 Å². The van der Waals surface area contributed by atoms with Gasteiger partial charge in [-0.1, -0.05) is 36.4 Å². The molecule has 110 valence electrons. The van der Waals surface area contributed by atoms with Crippen molar-refractivity contribution in [3.05, 3.63) is 66.0 Å². The Bertz CT molecular complexity index is 558. The zero-order valence-electron chi connectivity index (χ0n) is 12.1. The maximum atomic E-state index is 11.9. The number of hydrogen-bond acceptors (Lipinski definition) is 3. The van der Waals surface area contributed by atoms with Gasteiger partial charge in [-0.3, -0.25) is 9.78 Å². The molecule has 2 aromatic rings. The molecule has 1 heterocycles. The van der Waals surface area contributed by atoms with Crippen molar-refractivity contribution in [3.8, 4) is 0 Å². The van der Waals surface area contributed by atoms with Gasteiger partial charge in [-0.05, 0) is 30.5 Å². The van der Waals surface area contributed by atoms with E-state index in [-0.39, 0.29) is 11.9 Å². The van der Waals surface area contributed by atoms with Gasteiger partial charge in [0.1, 0.15) is 0 Å². The third-order valence-electron chi connectivity index (χ3n) is 3.26. The van der Waals surface area contributed by atoms with Crippen molar-refractivity contribution in [1.29, 1.82) is 0 Å². The topological polar surface area (TPSA) is 62.2 Å². The third kappa shape index (κ3) is 5.00. The lowest BCUT2D eigenvalue weighted by atomic mass is 10.0. The highest BCUT2D eigenvalue weighted by atomic mass is 16.3. The van der Waals surface area contributed by atoms with Crippen LogP contribution in [0.1, 0.15) is 30.6 Å². The van der Waals surface area contributed by atoms with Crippen LogP contribution in [0.2, 0.25) is 0 Å². The number of aliphatic hydroxyl groups is 1. The predicted molar refractivity (Wildman–Crippen MR) is 81.6 cm³/mol. The molecule has 4 heteroatoms. The van der Waals surface area contributed by atoms with Gasteiger partial charge in [-0.2, -0.15) is 0 Å². The van der Waals surface area contributed by atoms with E-state index in [1.165, 1.54) is 0 Å². The Labute approximate surface area is 124 Å². The number of hydrogen-bond donors (Lipinski definition) is 2. The molecule has 2 N–H and O–H groups in total. The van der Waals surface area contributed by atoms with Crippen LogP contribution in [0.4, 0.5) is 0 Å². The fourth-order valence-corrected chi connectivity index (χ4v) is 2.22. The van der Waals surface area contributed by atoms with Crippen molar-refractivity contribution >= 4 is 5.91 Å². The van der Waals surface area contributed by atoms with Crippen molar-refractivity contribution < 1.29 is 9.90 Å². The van der Waals surface area contributed by atoms with Gasteiger partial charge >= 0.3 is 0 Å². The molecule has 0 saturated heterocycles. The van der Waals surface area contributed by atoms with Gasteiger partial charge in [0, 0.05) is 18.4 Å². The second kappa shape index (κ2) is 7.55. The first-order valence-electron chi connectivity index (χ1n) is 7.06. The summed E-state index contributed by atoms with van der Waals surface area (Å²) in [4.78, 5) is 15.9. The highest BCUT2D eigenvalue weighted by Crippen LogP contribution is 2.17. The van der Waals surface area contributed by atoms with Crippen molar-refractivity contribution in [2.24, 2.45) is 0 Å². The number of carbonyl (C=O) groups excluding carboxylic acids is 1. The van der Waals surface area contributed by atoms with Crippen LogP contribution >= 0.6 is 0 Å². The standard InChI is InChI=1S/C17H20N2O2/c1-13(10-16(20)15-7-3-2-4-8-15)19-17(21)11-14-6-5-9-18-12-14/h2-9,12-13,16,20H,10-11H2,1H3,(H,19,21). The van der Waals surface area contributed by atoms with Gasteiger partial charge in [0.25, 0.3) is 0 Å². The Morgan fingerprint density at radius 2 is 2.00 bits per heavy atom. The largest absolute Gasteiger partial charge is 0.388 e. The van der Waals surface area contributed by atoms with E-state index in [9.17, 15) is 9.90 Å². The van der Waals surface area contributed by atoms with E-state index >= 15 is 0 Å². The Kier molecular flexibility index (Phi) is 5.46. The van der Waals surface area contributed by atoms with E-state index in [0.29, 0.717) is 12.8 Å². The molecule has 2 rings (SSSR count). The van der Waals surface area contributed by atoms with Crippen LogP contribution < -0.4 is 5.32 Å². The van der Waals surface area contributed by atoms with Crippen LogP contribution in [-0.2, 0) is 11.2 Å². The fourth-order valence-electron chi connectivity index (χ4n) is 2.22. The molecular weight excluding hydrogens is 264 g/mol. The molecule has 0 fully saturated rings. The lowest BCUT2D eigenvalue weighted by molar-refractivity contribution is -0.121. The maximum absolute atomic E-state index is 11.9. The Hall–Kier alpha value is -2.20. The minimum atomic E-state index is -0.570. The molecule has 0 saturated carbocycles. The number of pyridine rings is 1. The summed E-state index contributed by atoms with van der Waals surface area (Å²) in [6, 6.07) is 13.1. The zero-order chi connectivity index (χ0) is 15.1. The quantitative estimate of drug-likeness (QED) is 0.855. The van der Waals surface area contributed by atoms with Crippen molar-refractivity contribution in [1.82, 2.24) is 10.3 Å². The van der Waals surface area contributed by atoms with Crippen LogP contribution in [0.5, 0.6) is 0 Å². The lowest BCUT2D eigenvalue weighted by Gasteiger charge is -2.18. The Balaban J connectivity index is 1.81. The number of rotatable bonds is 6. The summed E-state index contributed by atoms with van der Waals surface area (Å²) >= 11 is 0. The maximum Gasteiger partial charge on any atom is 0.224 e. The summed E-state index contributed by atoms with van der Waals surface area (Å²) in [7, 11) is 0. The lowest BCUT2D eigenvalue weighted by Crippen LogP contribution is -2.34. The van der Waals surface area contributed by atoms with Crippen molar-refractivity contribution in [2.75, 3.05) is 0 Å². The van der Waals surface area contributed by atoms with Gasteiger partial charge in [0.15, 0.2) is 0 Å². The van der Waals surface area contributed by atoms with E-state index in [0.717, 1.165) is 11.1 Å². The minimum Gasteiger partial charge on any atom is -0.388 e. The van der Waals surface area contributed by atoms with E-state index in [1.54, 1.807) is 12.4 Å². The monoisotopic (exact) mass is 284 g/mol. The third-order valence-corrected chi connectivity index (χ3v) is 3.26. The molecule has 2 atom stereocenters. The molecule has 1 aromatic carbocycles.